The second-order valence-electron chi connectivity index (χ2n) is 10.3. The average molecular weight is 571 g/mol. The minimum absolute atomic E-state index is 0.153. The predicted octanol–water partition coefficient (Wildman–Crippen LogP) is 3.84. The van der Waals surface area contributed by atoms with Gasteiger partial charge >= 0.3 is 6.09 Å². The molecule has 2 saturated heterocycles. The van der Waals surface area contributed by atoms with E-state index in [1.165, 1.54) is 16.7 Å². The summed E-state index contributed by atoms with van der Waals surface area (Å²) < 4.78 is 21.3. The molecule has 214 valence electrons. The number of fused-ring (bicyclic) bond motifs is 1. The highest BCUT2D eigenvalue weighted by Crippen LogP contribution is 2.31. The number of nitrogens with zero attached hydrogens (tertiary/aromatic N) is 5. The first kappa shape index (κ1) is 27.1. The molecule has 6 rings (SSSR count). The summed E-state index contributed by atoms with van der Waals surface area (Å²) in [4.78, 5) is 54.2. The molecular weight excluding hydrogens is 543 g/mol. The number of nitrogens with one attached hydrogen (secondary N) is 1. The van der Waals surface area contributed by atoms with E-state index in [-0.39, 0.29) is 31.9 Å². The van der Waals surface area contributed by atoms with Crippen LogP contribution in [0.25, 0.3) is 22.0 Å². The van der Waals surface area contributed by atoms with Crippen LogP contribution in [-0.4, -0.2) is 75.3 Å². The molecular formula is C30H27FN6O5. The average Bonchev–Trinajstić information content (AvgIpc) is 3.70. The van der Waals surface area contributed by atoms with Gasteiger partial charge < -0.3 is 19.5 Å². The van der Waals surface area contributed by atoms with Crippen LogP contribution >= 0.6 is 0 Å². The molecule has 12 heteroatoms. The Balaban J connectivity index is 1.24. The van der Waals surface area contributed by atoms with Gasteiger partial charge in [0.05, 0.1) is 36.9 Å². The number of alkyl halides is 1. The molecule has 2 aromatic heterocycles. The summed E-state index contributed by atoms with van der Waals surface area (Å²) >= 11 is 0. The highest BCUT2D eigenvalue weighted by Gasteiger charge is 2.40. The number of hydrogen-bond donors (Lipinski definition) is 1. The van der Waals surface area contributed by atoms with Gasteiger partial charge in [-0.1, -0.05) is 18.2 Å². The van der Waals surface area contributed by atoms with E-state index in [0.29, 0.717) is 34.4 Å². The molecule has 3 amide bonds. The van der Waals surface area contributed by atoms with E-state index in [2.05, 4.69) is 15.5 Å². The van der Waals surface area contributed by atoms with Crippen LogP contribution in [-0.2, 0) is 20.9 Å². The normalized spacial score (nSPS) is 18.4. The lowest BCUT2D eigenvalue weighted by Crippen LogP contribution is -2.44. The van der Waals surface area contributed by atoms with Crippen LogP contribution in [0.5, 0.6) is 0 Å². The molecule has 0 aliphatic carbocycles. The molecule has 2 atom stereocenters. The molecule has 4 aromatic rings. The van der Waals surface area contributed by atoms with Crippen molar-refractivity contribution in [1.29, 1.82) is 0 Å². The lowest BCUT2D eigenvalue weighted by atomic mass is 10.0. The van der Waals surface area contributed by atoms with Crippen LogP contribution < -0.4 is 10.2 Å². The number of cyclic esters (lactones) is 1. The van der Waals surface area contributed by atoms with E-state index in [9.17, 15) is 23.6 Å². The van der Waals surface area contributed by atoms with Crippen molar-refractivity contribution in [2.45, 2.75) is 32.1 Å². The standard InChI is InChI=1S/C30H27FN6O5/c1-18(38)23-16-35(25-7-6-19(12-22(23)25)20-8-9-32-33-14-20)17-28(39)37-15-21(31)13-27(37)29(40)34-24-4-2-3-5-26(24)36-10-11-42-30(36)41/h2-9,12,14,16,21,27H,10-11,13,15,17H2,1H3,(H,34,40). The van der Waals surface area contributed by atoms with Crippen LogP contribution in [0.4, 0.5) is 20.6 Å². The molecule has 2 unspecified atom stereocenters. The number of rotatable bonds is 7. The van der Waals surface area contributed by atoms with E-state index in [0.717, 1.165) is 11.1 Å². The van der Waals surface area contributed by atoms with Gasteiger partial charge in [-0.05, 0) is 42.8 Å². The van der Waals surface area contributed by atoms with E-state index in [4.69, 9.17) is 4.74 Å². The van der Waals surface area contributed by atoms with E-state index >= 15 is 0 Å². The zero-order valence-corrected chi connectivity index (χ0v) is 22.7. The first-order chi connectivity index (χ1) is 20.3. The maximum absolute atomic E-state index is 14.7. The van der Waals surface area contributed by atoms with Gasteiger partial charge in [0, 0.05) is 34.6 Å². The molecule has 0 saturated carbocycles. The van der Waals surface area contributed by atoms with Crippen molar-refractivity contribution in [2.75, 3.05) is 29.9 Å². The number of ether oxygens (including phenoxy) is 1. The number of para-hydroxylation sites is 2. The molecule has 0 radical (unpaired) electrons. The third kappa shape index (κ3) is 5.06. The largest absolute Gasteiger partial charge is 0.447 e. The molecule has 2 aliphatic heterocycles. The van der Waals surface area contributed by atoms with Crippen molar-refractivity contribution in [3.8, 4) is 11.1 Å². The summed E-state index contributed by atoms with van der Waals surface area (Å²) in [7, 11) is 0. The summed E-state index contributed by atoms with van der Waals surface area (Å²) in [6.45, 7) is 1.61. The molecule has 2 aliphatic rings. The van der Waals surface area contributed by atoms with Gasteiger partial charge in [0.2, 0.25) is 11.8 Å². The van der Waals surface area contributed by atoms with Gasteiger partial charge in [0.15, 0.2) is 5.78 Å². The lowest BCUT2D eigenvalue weighted by molar-refractivity contribution is -0.137. The predicted molar refractivity (Wildman–Crippen MR) is 152 cm³/mol. The van der Waals surface area contributed by atoms with Crippen molar-refractivity contribution in [3.63, 3.8) is 0 Å². The fourth-order valence-electron chi connectivity index (χ4n) is 5.54. The number of halogens is 1. The van der Waals surface area contributed by atoms with Crippen molar-refractivity contribution in [3.05, 3.63) is 72.7 Å². The topological polar surface area (TPSA) is 127 Å². The molecule has 42 heavy (non-hydrogen) atoms. The summed E-state index contributed by atoms with van der Waals surface area (Å²) in [6, 6.07) is 13.1. The fraction of sp³-hybridized carbons (Fsp3) is 0.267. The van der Waals surface area contributed by atoms with Crippen molar-refractivity contribution in [1.82, 2.24) is 19.7 Å². The van der Waals surface area contributed by atoms with Gasteiger partial charge in [-0.3, -0.25) is 19.3 Å². The second kappa shape index (κ2) is 11.0. The van der Waals surface area contributed by atoms with Gasteiger partial charge in [-0.2, -0.15) is 10.2 Å². The second-order valence-corrected chi connectivity index (χ2v) is 10.3. The van der Waals surface area contributed by atoms with Crippen LogP contribution in [0.1, 0.15) is 23.7 Å². The van der Waals surface area contributed by atoms with Gasteiger partial charge in [0.1, 0.15) is 25.4 Å². The van der Waals surface area contributed by atoms with Gasteiger partial charge in [-0.25, -0.2) is 9.18 Å². The maximum Gasteiger partial charge on any atom is 0.414 e. The Morgan fingerprint density at radius 1 is 1.10 bits per heavy atom. The number of hydrogen-bond acceptors (Lipinski definition) is 7. The number of ketones is 1. The summed E-state index contributed by atoms with van der Waals surface area (Å²) in [5.74, 6) is -1.18. The van der Waals surface area contributed by atoms with Crippen molar-refractivity contribution >= 4 is 46.0 Å². The first-order valence-electron chi connectivity index (χ1n) is 13.5. The van der Waals surface area contributed by atoms with Crippen LogP contribution in [0.15, 0.2) is 67.1 Å². The van der Waals surface area contributed by atoms with Crippen LogP contribution in [0, 0.1) is 0 Å². The number of benzene rings is 2. The molecule has 0 spiro atoms. The third-order valence-corrected chi connectivity index (χ3v) is 7.57. The fourth-order valence-corrected chi connectivity index (χ4v) is 5.54. The van der Waals surface area contributed by atoms with Gasteiger partial charge in [0.25, 0.3) is 0 Å². The molecule has 2 fully saturated rings. The molecule has 2 aromatic carbocycles. The molecule has 1 N–H and O–H groups in total. The van der Waals surface area contributed by atoms with E-state index in [1.54, 1.807) is 47.4 Å². The van der Waals surface area contributed by atoms with Crippen LogP contribution in [0.3, 0.4) is 0 Å². The summed E-state index contributed by atoms with van der Waals surface area (Å²) in [5.41, 5.74) is 3.58. The number of anilines is 2. The maximum atomic E-state index is 14.7. The Labute approximate surface area is 239 Å². The molecule has 4 heterocycles. The Hall–Kier alpha value is -5.13. The Morgan fingerprint density at radius 2 is 1.93 bits per heavy atom. The molecule has 0 bridgehead atoms. The van der Waals surface area contributed by atoms with E-state index in [1.807, 2.05) is 24.3 Å². The summed E-state index contributed by atoms with van der Waals surface area (Å²) in [6.07, 6.45) is 2.76. The smallest absolute Gasteiger partial charge is 0.414 e. The minimum Gasteiger partial charge on any atom is -0.447 e. The van der Waals surface area contributed by atoms with Crippen molar-refractivity contribution < 1.29 is 28.3 Å². The zero-order chi connectivity index (χ0) is 29.4. The quantitative estimate of drug-likeness (QED) is 0.335. The zero-order valence-electron chi connectivity index (χ0n) is 22.7. The number of carbonyl (C=O) groups excluding carboxylic acids is 4. The highest BCUT2D eigenvalue weighted by atomic mass is 19.1. The number of likely N-dealkylation sites (tertiary alicyclic amines) is 1. The minimum atomic E-state index is -1.38. The lowest BCUT2D eigenvalue weighted by Gasteiger charge is -2.25. The van der Waals surface area contributed by atoms with Gasteiger partial charge in [-0.15, -0.1) is 0 Å². The number of aromatic nitrogens is 3. The number of amides is 3. The highest BCUT2D eigenvalue weighted by molar-refractivity contribution is 6.08. The summed E-state index contributed by atoms with van der Waals surface area (Å²) in [5, 5.41) is 11.2. The first-order valence-corrected chi connectivity index (χ1v) is 13.5. The molecule has 11 nitrogen and oxygen atoms in total. The monoisotopic (exact) mass is 570 g/mol. The van der Waals surface area contributed by atoms with Crippen molar-refractivity contribution in [2.24, 2.45) is 0 Å². The van der Waals surface area contributed by atoms with Crippen LogP contribution in [0.2, 0.25) is 0 Å². The van der Waals surface area contributed by atoms with E-state index < -0.39 is 30.1 Å². The Morgan fingerprint density at radius 3 is 2.67 bits per heavy atom. The number of carbonyl (C=O) groups is 4. The Bertz CT molecular complexity index is 1710. The Kier molecular flexibility index (Phi) is 7.11. The third-order valence-electron chi connectivity index (χ3n) is 7.57. The SMILES string of the molecule is CC(=O)c1cn(CC(=O)N2CC(F)CC2C(=O)Nc2ccccc2N2CCOC2=O)c2ccc(-c3ccnnc3)cc12. The number of Topliss-reactive ketones (excluding diaryl/α,β-unsaturated/α-hetero) is 1.